The Hall–Kier alpha value is -2.26. The molecule has 1 aliphatic heterocycles. The molecule has 1 aliphatic rings. The van der Waals surface area contributed by atoms with Crippen molar-refractivity contribution in [1.82, 2.24) is 9.88 Å². The van der Waals surface area contributed by atoms with Gasteiger partial charge in [-0.1, -0.05) is 56.2 Å². The zero-order valence-electron chi connectivity index (χ0n) is 16.9. The Morgan fingerprint density at radius 2 is 1.63 bits per heavy atom. The van der Waals surface area contributed by atoms with Crippen LogP contribution in [0.2, 0.25) is 0 Å². The number of para-hydroxylation sites is 1. The zero-order valence-corrected chi connectivity index (χ0v) is 16.9. The number of benzene rings is 2. The lowest BCUT2D eigenvalue weighted by Gasteiger charge is -2.26. The molecule has 0 aliphatic carbocycles. The molecule has 3 nitrogen and oxygen atoms in total. The Balaban J connectivity index is 0.00000102. The number of nitrogens with one attached hydrogen (secondary N) is 1. The lowest BCUT2D eigenvalue weighted by atomic mass is 10.1. The van der Waals surface area contributed by atoms with Crippen molar-refractivity contribution in [3.8, 4) is 5.75 Å². The summed E-state index contributed by atoms with van der Waals surface area (Å²) in [5.74, 6) is 0.924. The van der Waals surface area contributed by atoms with Crippen molar-refractivity contribution >= 4 is 10.9 Å². The van der Waals surface area contributed by atoms with Gasteiger partial charge < -0.3 is 9.72 Å². The molecular weight excluding hydrogens is 332 g/mol. The molecule has 2 aromatic carbocycles. The molecule has 3 aromatic rings. The second-order valence-electron chi connectivity index (χ2n) is 7.07. The third-order valence-corrected chi connectivity index (χ3v) is 5.14. The number of hydrogen-bond donors (Lipinski definition) is 1. The van der Waals surface area contributed by atoms with Crippen LogP contribution >= 0.6 is 0 Å². The highest BCUT2D eigenvalue weighted by Crippen LogP contribution is 2.26. The smallest absolute Gasteiger partial charge is 0.128 e. The number of hydrogen-bond acceptors (Lipinski definition) is 2. The van der Waals surface area contributed by atoms with E-state index in [1.165, 1.54) is 60.1 Å². The summed E-state index contributed by atoms with van der Waals surface area (Å²) in [4.78, 5) is 6.16. The monoisotopic (exact) mass is 364 g/mol. The molecule has 3 heteroatoms. The summed E-state index contributed by atoms with van der Waals surface area (Å²) < 4.78 is 6.06. The molecule has 0 saturated carbocycles. The van der Waals surface area contributed by atoms with Gasteiger partial charge in [-0.05, 0) is 56.6 Å². The van der Waals surface area contributed by atoms with Gasteiger partial charge in [-0.25, -0.2) is 0 Å². The molecule has 144 valence electrons. The summed E-state index contributed by atoms with van der Waals surface area (Å²) in [6.45, 7) is 10.1. The van der Waals surface area contributed by atoms with Crippen LogP contribution in [0.25, 0.3) is 10.9 Å². The van der Waals surface area contributed by atoms with Gasteiger partial charge in [0.15, 0.2) is 0 Å². The molecule has 2 heterocycles. The van der Waals surface area contributed by atoms with Crippen molar-refractivity contribution in [2.24, 2.45) is 0 Å². The normalized spacial score (nSPS) is 14.6. The van der Waals surface area contributed by atoms with Gasteiger partial charge in [-0.15, -0.1) is 0 Å². The second kappa shape index (κ2) is 9.61. The topological polar surface area (TPSA) is 28.3 Å². The Labute approximate surface area is 163 Å². The molecule has 0 bridgehead atoms. The number of nitrogens with zero attached hydrogens (tertiary/aromatic N) is 1. The Bertz CT molecular complexity index is 829. The number of H-pyrrole nitrogens is 1. The number of likely N-dealkylation sites (tertiary alicyclic amines) is 1. The minimum absolute atomic E-state index is 0.584. The Kier molecular flexibility index (Phi) is 6.94. The van der Waals surface area contributed by atoms with E-state index in [1.54, 1.807) is 0 Å². The van der Waals surface area contributed by atoms with Gasteiger partial charge >= 0.3 is 0 Å². The summed E-state index contributed by atoms with van der Waals surface area (Å²) in [7, 11) is 0. The third kappa shape index (κ3) is 4.92. The fraction of sp³-hybridized carbons (Fsp3) is 0.417. The lowest BCUT2D eigenvalue weighted by Crippen LogP contribution is -2.29. The van der Waals surface area contributed by atoms with Gasteiger partial charge in [0.2, 0.25) is 0 Å². The van der Waals surface area contributed by atoms with E-state index in [1.807, 2.05) is 26.0 Å². The van der Waals surface area contributed by atoms with Gasteiger partial charge in [-0.2, -0.15) is 0 Å². The quantitative estimate of drug-likeness (QED) is 0.595. The maximum Gasteiger partial charge on any atom is 0.128 e. The fourth-order valence-corrected chi connectivity index (χ4v) is 3.69. The number of ether oxygens (including phenoxy) is 1. The number of rotatable bonds is 5. The summed E-state index contributed by atoms with van der Waals surface area (Å²) in [6, 6.07) is 16.9. The van der Waals surface area contributed by atoms with Crippen LogP contribution in [0.4, 0.5) is 0 Å². The van der Waals surface area contributed by atoms with Crippen molar-refractivity contribution < 1.29 is 4.74 Å². The van der Waals surface area contributed by atoms with E-state index in [0.29, 0.717) is 6.61 Å². The minimum atomic E-state index is 0.584. The van der Waals surface area contributed by atoms with Crippen molar-refractivity contribution in [3.05, 3.63) is 65.4 Å². The van der Waals surface area contributed by atoms with Crippen LogP contribution in [-0.2, 0) is 13.2 Å². The summed E-state index contributed by atoms with van der Waals surface area (Å²) >= 11 is 0. The van der Waals surface area contributed by atoms with Crippen LogP contribution in [0, 0.1) is 6.92 Å². The van der Waals surface area contributed by atoms with Crippen molar-refractivity contribution in [3.63, 3.8) is 0 Å². The molecule has 0 spiro atoms. The van der Waals surface area contributed by atoms with Gasteiger partial charge in [0.05, 0.1) is 5.69 Å². The largest absolute Gasteiger partial charge is 0.487 e. The lowest BCUT2D eigenvalue weighted by molar-refractivity contribution is 0.219. The molecule has 1 fully saturated rings. The minimum Gasteiger partial charge on any atom is -0.487 e. The first kappa shape index (κ1) is 19.5. The zero-order chi connectivity index (χ0) is 19.1. The van der Waals surface area contributed by atoms with E-state index in [4.69, 9.17) is 4.74 Å². The predicted octanol–water partition coefficient (Wildman–Crippen LogP) is 6.07. The number of fused-ring (bicyclic) bond motifs is 1. The van der Waals surface area contributed by atoms with Crippen LogP contribution in [0.1, 0.15) is 49.9 Å². The van der Waals surface area contributed by atoms with Crippen LogP contribution in [0.5, 0.6) is 5.75 Å². The Morgan fingerprint density at radius 1 is 0.926 bits per heavy atom. The molecule has 0 atom stereocenters. The molecule has 1 N–H and O–H groups in total. The molecule has 4 rings (SSSR count). The van der Waals surface area contributed by atoms with Crippen LogP contribution in [-0.4, -0.2) is 23.0 Å². The van der Waals surface area contributed by atoms with Gasteiger partial charge in [0.1, 0.15) is 12.4 Å². The van der Waals surface area contributed by atoms with E-state index in [9.17, 15) is 0 Å². The number of aryl methyl sites for hydroxylation is 1. The molecule has 0 radical (unpaired) electrons. The number of aromatic nitrogens is 1. The average molecular weight is 365 g/mol. The van der Waals surface area contributed by atoms with Gasteiger partial charge in [0, 0.05) is 17.4 Å². The van der Waals surface area contributed by atoms with Crippen LogP contribution in [0.15, 0.2) is 48.5 Å². The highest BCUT2D eigenvalue weighted by molar-refractivity contribution is 5.84. The second-order valence-corrected chi connectivity index (χ2v) is 7.07. The fourth-order valence-electron chi connectivity index (χ4n) is 3.69. The molecule has 0 amide bonds. The van der Waals surface area contributed by atoms with Crippen LogP contribution in [0.3, 0.4) is 0 Å². The van der Waals surface area contributed by atoms with Crippen molar-refractivity contribution in [1.29, 1.82) is 0 Å². The van der Waals surface area contributed by atoms with Gasteiger partial charge in [0.25, 0.3) is 0 Å². The van der Waals surface area contributed by atoms with E-state index < -0.39 is 0 Å². The van der Waals surface area contributed by atoms with Crippen molar-refractivity contribution in [2.75, 3.05) is 13.1 Å². The van der Waals surface area contributed by atoms with Crippen molar-refractivity contribution in [2.45, 2.75) is 53.2 Å². The van der Waals surface area contributed by atoms with Gasteiger partial charge in [-0.3, -0.25) is 4.90 Å². The molecule has 1 aromatic heterocycles. The first-order chi connectivity index (χ1) is 13.3. The molecule has 0 unspecified atom stereocenters. The highest BCUT2D eigenvalue weighted by atomic mass is 16.5. The Morgan fingerprint density at radius 3 is 2.37 bits per heavy atom. The number of piperidine rings is 1. The average Bonchev–Trinajstić information content (AvgIpc) is 3.07. The third-order valence-electron chi connectivity index (χ3n) is 5.14. The van der Waals surface area contributed by atoms with E-state index in [-0.39, 0.29) is 0 Å². The predicted molar refractivity (Wildman–Crippen MR) is 114 cm³/mol. The molecule has 1 saturated heterocycles. The maximum absolute atomic E-state index is 6.06. The first-order valence-corrected chi connectivity index (χ1v) is 10.3. The number of aromatic amines is 1. The summed E-state index contributed by atoms with van der Waals surface area (Å²) in [6.07, 6.45) is 4.00. The summed E-state index contributed by atoms with van der Waals surface area (Å²) in [5, 5.41) is 1.33. The molecular formula is C24H32N2O. The van der Waals surface area contributed by atoms with Crippen LogP contribution < -0.4 is 4.74 Å². The standard InChI is InChI=1S/C22H26N2O.C2H6/c1-17-9-11-18(12-10-17)25-16-22-20(15-24-13-5-2-6-14-24)19-7-3-4-8-21(19)23-22;1-2/h3-4,7-12,23H,2,5-6,13-16H2,1H3;1-2H3. The maximum atomic E-state index is 6.06. The summed E-state index contributed by atoms with van der Waals surface area (Å²) in [5.41, 5.74) is 5.05. The first-order valence-electron chi connectivity index (χ1n) is 10.3. The van der Waals surface area contributed by atoms with E-state index in [0.717, 1.165) is 12.3 Å². The van der Waals surface area contributed by atoms with E-state index >= 15 is 0 Å². The highest BCUT2D eigenvalue weighted by Gasteiger charge is 2.17. The molecule has 27 heavy (non-hydrogen) atoms. The van der Waals surface area contributed by atoms with E-state index in [2.05, 4.69) is 53.2 Å². The SMILES string of the molecule is CC.Cc1ccc(OCc2[nH]c3ccccc3c2CN2CCCCC2)cc1.